The molecule has 2 aliphatic rings. The zero-order valence-electron chi connectivity index (χ0n) is 19.0. The minimum atomic E-state index is -3.77. The lowest BCUT2D eigenvalue weighted by Gasteiger charge is -2.39. The first-order valence-corrected chi connectivity index (χ1v) is 12.7. The molecule has 0 saturated carbocycles. The summed E-state index contributed by atoms with van der Waals surface area (Å²) in [5, 5.41) is 0. The van der Waals surface area contributed by atoms with Crippen LogP contribution in [-0.2, 0) is 14.8 Å². The van der Waals surface area contributed by atoms with Gasteiger partial charge in [0, 0.05) is 45.0 Å². The Bertz CT molecular complexity index is 1100. The lowest BCUT2D eigenvalue weighted by Crippen LogP contribution is -2.53. The van der Waals surface area contributed by atoms with Crippen molar-refractivity contribution in [2.75, 3.05) is 51.3 Å². The van der Waals surface area contributed by atoms with Crippen LogP contribution in [0.4, 0.5) is 10.1 Å². The van der Waals surface area contributed by atoms with E-state index in [1.54, 1.807) is 24.3 Å². The molecule has 0 aromatic heterocycles. The standard InChI is InChI=1S/C24H30FN3O4S/c1-18-5-10-22(32-2)23(16-18)33(30,31)28-11-3-4-19(17-28)24(29)27-14-12-26(13-15-27)21-8-6-20(25)7-9-21/h5-10,16,19H,3-4,11-15,17H2,1-2H3/t19-/m0/s1. The maximum Gasteiger partial charge on any atom is 0.246 e. The maximum atomic E-state index is 13.4. The van der Waals surface area contributed by atoms with Gasteiger partial charge in [-0.25, -0.2) is 12.8 Å². The number of piperazine rings is 1. The van der Waals surface area contributed by atoms with Gasteiger partial charge < -0.3 is 14.5 Å². The van der Waals surface area contributed by atoms with E-state index >= 15 is 0 Å². The average molecular weight is 476 g/mol. The number of amides is 1. The van der Waals surface area contributed by atoms with Crippen LogP contribution in [0.3, 0.4) is 0 Å². The second-order valence-electron chi connectivity index (χ2n) is 8.65. The number of benzene rings is 2. The number of methoxy groups -OCH3 is 1. The van der Waals surface area contributed by atoms with Crippen molar-refractivity contribution >= 4 is 21.6 Å². The first-order valence-electron chi connectivity index (χ1n) is 11.2. The number of hydrogen-bond acceptors (Lipinski definition) is 5. The largest absolute Gasteiger partial charge is 0.495 e. The van der Waals surface area contributed by atoms with Crippen LogP contribution in [0.25, 0.3) is 0 Å². The smallest absolute Gasteiger partial charge is 0.246 e. The molecule has 0 aliphatic carbocycles. The SMILES string of the molecule is COc1ccc(C)cc1S(=O)(=O)N1CCC[C@H](C(=O)N2CCN(c3ccc(F)cc3)CC2)C1. The Labute approximate surface area is 194 Å². The van der Waals surface area contributed by atoms with Crippen LogP contribution in [0.5, 0.6) is 5.75 Å². The summed E-state index contributed by atoms with van der Waals surface area (Å²) in [6.07, 6.45) is 1.31. The summed E-state index contributed by atoms with van der Waals surface area (Å²) < 4.78 is 46.7. The fraction of sp³-hybridized carbons (Fsp3) is 0.458. The van der Waals surface area contributed by atoms with Gasteiger partial charge in [-0.3, -0.25) is 4.79 Å². The molecular formula is C24H30FN3O4S. The number of halogens is 1. The van der Waals surface area contributed by atoms with E-state index in [1.165, 1.54) is 23.5 Å². The van der Waals surface area contributed by atoms with Gasteiger partial charge in [0.05, 0.1) is 13.0 Å². The van der Waals surface area contributed by atoms with Gasteiger partial charge in [-0.15, -0.1) is 0 Å². The average Bonchev–Trinajstić information content (AvgIpc) is 2.84. The summed E-state index contributed by atoms with van der Waals surface area (Å²) in [5.41, 5.74) is 1.77. The number of carbonyl (C=O) groups is 1. The van der Waals surface area contributed by atoms with Crippen LogP contribution in [0.1, 0.15) is 18.4 Å². The molecule has 0 bridgehead atoms. The highest BCUT2D eigenvalue weighted by Crippen LogP contribution is 2.31. The summed E-state index contributed by atoms with van der Waals surface area (Å²) in [7, 11) is -2.32. The fourth-order valence-electron chi connectivity index (χ4n) is 4.58. The van der Waals surface area contributed by atoms with E-state index in [9.17, 15) is 17.6 Å². The van der Waals surface area contributed by atoms with Gasteiger partial charge in [-0.1, -0.05) is 6.07 Å². The molecule has 4 rings (SSSR count). The molecule has 2 aliphatic heterocycles. The van der Waals surface area contributed by atoms with Gasteiger partial charge in [-0.2, -0.15) is 4.31 Å². The number of nitrogens with zero attached hydrogens (tertiary/aromatic N) is 3. The number of sulfonamides is 1. The van der Waals surface area contributed by atoms with Gasteiger partial charge >= 0.3 is 0 Å². The normalized spacial score (nSPS) is 20.0. The van der Waals surface area contributed by atoms with Gasteiger partial charge in [0.25, 0.3) is 0 Å². The zero-order chi connectivity index (χ0) is 23.6. The molecule has 0 spiro atoms. The van der Waals surface area contributed by atoms with E-state index < -0.39 is 10.0 Å². The third-order valence-corrected chi connectivity index (χ3v) is 8.34. The Morgan fingerprint density at radius 1 is 1.03 bits per heavy atom. The fourth-order valence-corrected chi connectivity index (χ4v) is 6.35. The van der Waals surface area contributed by atoms with Crippen LogP contribution in [-0.4, -0.2) is 69.9 Å². The minimum Gasteiger partial charge on any atom is -0.495 e. The number of ether oxygens (including phenoxy) is 1. The molecule has 2 aromatic carbocycles. The molecule has 1 atom stereocenters. The molecule has 1 amide bonds. The Balaban J connectivity index is 1.42. The molecule has 2 heterocycles. The lowest BCUT2D eigenvalue weighted by atomic mass is 9.97. The number of anilines is 1. The molecule has 0 radical (unpaired) electrons. The minimum absolute atomic E-state index is 0.00450. The van der Waals surface area contributed by atoms with Crippen molar-refractivity contribution in [3.63, 3.8) is 0 Å². The van der Waals surface area contributed by atoms with Crippen LogP contribution in [0.15, 0.2) is 47.4 Å². The van der Waals surface area contributed by atoms with E-state index in [0.29, 0.717) is 51.3 Å². The molecular weight excluding hydrogens is 445 g/mol. The highest BCUT2D eigenvalue weighted by atomic mass is 32.2. The van der Waals surface area contributed by atoms with E-state index in [2.05, 4.69) is 4.90 Å². The second-order valence-corrected chi connectivity index (χ2v) is 10.6. The quantitative estimate of drug-likeness (QED) is 0.665. The van der Waals surface area contributed by atoms with Crippen molar-refractivity contribution < 1.29 is 22.3 Å². The molecule has 0 unspecified atom stereocenters. The first-order chi connectivity index (χ1) is 15.8. The number of carbonyl (C=O) groups excluding carboxylic acids is 1. The van der Waals surface area contributed by atoms with Crippen LogP contribution in [0.2, 0.25) is 0 Å². The number of hydrogen-bond donors (Lipinski definition) is 0. The van der Waals surface area contributed by atoms with E-state index in [1.807, 2.05) is 17.9 Å². The monoisotopic (exact) mass is 475 g/mol. The van der Waals surface area contributed by atoms with Crippen molar-refractivity contribution in [1.29, 1.82) is 0 Å². The van der Waals surface area contributed by atoms with Crippen LogP contribution in [0, 0.1) is 18.7 Å². The number of aryl methyl sites for hydroxylation is 1. The molecule has 2 aromatic rings. The summed E-state index contributed by atoms with van der Waals surface area (Å²) in [6, 6.07) is 11.5. The molecule has 7 nitrogen and oxygen atoms in total. The third-order valence-electron chi connectivity index (χ3n) is 6.45. The van der Waals surface area contributed by atoms with Gasteiger partial charge in [0.1, 0.15) is 16.5 Å². The molecule has 2 fully saturated rings. The predicted molar refractivity (Wildman–Crippen MR) is 124 cm³/mol. The molecule has 33 heavy (non-hydrogen) atoms. The maximum absolute atomic E-state index is 13.4. The van der Waals surface area contributed by atoms with Crippen molar-refractivity contribution in [2.24, 2.45) is 5.92 Å². The molecule has 2 saturated heterocycles. The van der Waals surface area contributed by atoms with E-state index in [0.717, 1.165) is 11.3 Å². The Hall–Kier alpha value is -2.65. The zero-order valence-corrected chi connectivity index (χ0v) is 19.9. The highest BCUT2D eigenvalue weighted by Gasteiger charge is 2.37. The van der Waals surface area contributed by atoms with Crippen molar-refractivity contribution in [3.05, 3.63) is 53.8 Å². The predicted octanol–water partition coefficient (Wildman–Crippen LogP) is 2.89. The molecule has 0 N–H and O–H groups in total. The van der Waals surface area contributed by atoms with Gasteiger partial charge in [-0.05, 0) is 61.7 Å². The van der Waals surface area contributed by atoms with Gasteiger partial charge in [0.2, 0.25) is 15.9 Å². The van der Waals surface area contributed by atoms with E-state index in [4.69, 9.17) is 4.74 Å². The summed E-state index contributed by atoms with van der Waals surface area (Å²) in [5.74, 6) is -0.315. The molecule has 178 valence electrons. The summed E-state index contributed by atoms with van der Waals surface area (Å²) in [4.78, 5) is 17.3. The Morgan fingerprint density at radius 3 is 2.39 bits per heavy atom. The van der Waals surface area contributed by atoms with Crippen LogP contribution < -0.4 is 9.64 Å². The Morgan fingerprint density at radius 2 is 1.73 bits per heavy atom. The van der Waals surface area contributed by atoms with Crippen molar-refractivity contribution in [3.8, 4) is 5.75 Å². The number of piperidine rings is 1. The van der Waals surface area contributed by atoms with Crippen molar-refractivity contribution in [1.82, 2.24) is 9.21 Å². The summed E-state index contributed by atoms with van der Waals surface area (Å²) in [6.45, 7) is 4.85. The van der Waals surface area contributed by atoms with Crippen LogP contribution >= 0.6 is 0 Å². The Kier molecular flexibility index (Phi) is 6.90. The molecule has 9 heteroatoms. The lowest BCUT2D eigenvalue weighted by molar-refractivity contribution is -0.137. The second kappa shape index (κ2) is 9.69. The first kappa shape index (κ1) is 23.5. The van der Waals surface area contributed by atoms with Gasteiger partial charge in [0.15, 0.2) is 0 Å². The summed E-state index contributed by atoms with van der Waals surface area (Å²) >= 11 is 0. The van der Waals surface area contributed by atoms with E-state index in [-0.39, 0.29) is 29.1 Å². The third kappa shape index (κ3) is 4.99. The van der Waals surface area contributed by atoms with Crippen molar-refractivity contribution in [2.45, 2.75) is 24.7 Å². The highest BCUT2D eigenvalue weighted by molar-refractivity contribution is 7.89. The topological polar surface area (TPSA) is 70.2 Å². The number of rotatable bonds is 5.